The van der Waals surface area contributed by atoms with Gasteiger partial charge in [0.15, 0.2) is 11.5 Å². The molecule has 0 radical (unpaired) electrons. The van der Waals surface area contributed by atoms with Gasteiger partial charge in [-0.2, -0.15) is 13.2 Å². The zero-order valence-electron chi connectivity index (χ0n) is 22.1. The third kappa shape index (κ3) is 6.56. The summed E-state index contributed by atoms with van der Waals surface area (Å²) in [4.78, 5) is 16.9. The predicted octanol–water partition coefficient (Wildman–Crippen LogP) is 4.44. The van der Waals surface area contributed by atoms with Crippen LogP contribution >= 0.6 is 11.6 Å². The number of nitrogens with one attached hydrogen (secondary N) is 1. The maximum Gasteiger partial charge on any atom is 0.424 e. The zero-order valence-corrected chi connectivity index (χ0v) is 22.8. The highest BCUT2D eigenvalue weighted by Gasteiger charge is 2.56. The van der Waals surface area contributed by atoms with E-state index in [1.807, 2.05) is 0 Å². The summed E-state index contributed by atoms with van der Waals surface area (Å²) in [5.74, 6) is -1.07. The highest BCUT2D eigenvalue weighted by Crippen LogP contribution is 2.40. The van der Waals surface area contributed by atoms with Gasteiger partial charge in [-0.15, -0.1) is 0 Å². The summed E-state index contributed by atoms with van der Waals surface area (Å²) in [5, 5.41) is 22.7. The van der Waals surface area contributed by atoms with E-state index in [9.17, 15) is 32.6 Å². The predicted molar refractivity (Wildman–Crippen MR) is 142 cm³/mol. The van der Waals surface area contributed by atoms with Crippen molar-refractivity contribution >= 4 is 17.5 Å². The lowest BCUT2D eigenvalue weighted by Gasteiger charge is -2.32. The van der Waals surface area contributed by atoms with Crippen LogP contribution in [0.2, 0.25) is 5.02 Å². The smallest absolute Gasteiger partial charge is 0.424 e. The molecule has 1 fully saturated rings. The van der Waals surface area contributed by atoms with E-state index in [1.165, 1.54) is 44.4 Å². The molecule has 5 N–H and O–H groups in total. The average molecular weight is 598 g/mol. The highest BCUT2D eigenvalue weighted by atomic mass is 35.5. The fraction of sp³-hybridized carbons (Fsp3) is 0.357. The van der Waals surface area contributed by atoms with E-state index in [0.29, 0.717) is 5.75 Å². The normalized spacial score (nSPS) is 16.4. The number of alkyl halides is 3. The van der Waals surface area contributed by atoms with Crippen molar-refractivity contribution in [3.8, 4) is 22.8 Å². The minimum atomic E-state index is -5.33. The summed E-state index contributed by atoms with van der Waals surface area (Å²) in [6, 6.07) is 9.75. The van der Waals surface area contributed by atoms with E-state index in [1.54, 1.807) is 0 Å². The van der Waals surface area contributed by atoms with E-state index in [0.717, 1.165) is 31.0 Å². The number of benzene rings is 2. The van der Waals surface area contributed by atoms with Gasteiger partial charge >= 0.3 is 6.18 Å². The quantitative estimate of drug-likeness (QED) is 0.255. The topological polar surface area (TPSA) is 127 Å². The summed E-state index contributed by atoms with van der Waals surface area (Å²) in [6.07, 6.45) is -3.51. The fourth-order valence-electron chi connectivity index (χ4n) is 3.88. The van der Waals surface area contributed by atoms with E-state index >= 15 is 0 Å². The number of aliphatic hydroxyl groups excluding tert-OH is 1. The Balaban J connectivity index is 1.71. The van der Waals surface area contributed by atoms with Gasteiger partial charge in [-0.05, 0) is 73.9 Å². The van der Waals surface area contributed by atoms with Gasteiger partial charge < -0.3 is 30.7 Å². The van der Waals surface area contributed by atoms with Crippen LogP contribution in [0.4, 0.5) is 17.6 Å². The van der Waals surface area contributed by atoms with Crippen LogP contribution in [0, 0.1) is 5.82 Å². The van der Waals surface area contributed by atoms with Crippen molar-refractivity contribution in [1.29, 1.82) is 0 Å². The van der Waals surface area contributed by atoms with Crippen LogP contribution in [0.3, 0.4) is 0 Å². The molecule has 2 atom stereocenters. The van der Waals surface area contributed by atoms with Gasteiger partial charge in [0.1, 0.15) is 5.82 Å². The molecule has 13 heteroatoms. The Hall–Kier alpha value is -3.45. The summed E-state index contributed by atoms with van der Waals surface area (Å²) in [6.45, 7) is -0.617. The Morgan fingerprint density at radius 3 is 2.44 bits per heavy atom. The number of rotatable bonds is 10. The monoisotopic (exact) mass is 597 g/mol. The summed E-state index contributed by atoms with van der Waals surface area (Å²) in [5.41, 5.74) is -0.0831. The first-order valence-electron chi connectivity index (χ1n) is 12.5. The van der Waals surface area contributed by atoms with Crippen LogP contribution < -0.4 is 20.5 Å². The number of aromatic nitrogens is 1. The van der Waals surface area contributed by atoms with E-state index in [4.69, 9.17) is 26.8 Å². The molecule has 1 amide bonds. The summed E-state index contributed by atoms with van der Waals surface area (Å²) in [7, 11) is 1.36. The summed E-state index contributed by atoms with van der Waals surface area (Å²) >= 11 is 5.86. The minimum Gasteiger partial charge on any atom is -0.493 e. The van der Waals surface area contributed by atoms with E-state index < -0.39 is 47.9 Å². The number of carbonyl (C=O) groups excluding carboxylic acids is 1. The molecule has 1 aliphatic rings. The van der Waals surface area contributed by atoms with Crippen molar-refractivity contribution in [1.82, 2.24) is 10.3 Å². The molecule has 1 aromatic heterocycles. The second-order valence-corrected chi connectivity index (χ2v) is 10.5. The molecular weight excluding hydrogens is 570 g/mol. The largest absolute Gasteiger partial charge is 0.493 e. The van der Waals surface area contributed by atoms with Gasteiger partial charge in [0.05, 0.1) is 48.3 Å². The lowest BCUT2D eigenvalue weighted by atomic mass is 9.88. The van der Waals surface area contributed by atoms with Crippen LogP contribution in [0.5, 0.6) is 11.5 Å². The van der Waals surface area contributed by atoms with Gasteiger partial charge in [0, 0.05) is 11.1 Å². The van der Waals surface area contributed by atoms with Gasteiger partial charge in [-0.1, -0.05) is 11.6 Å². The van der Waals surface area contributed by atoms with Crippen LogP contribution in [0.1, 0.15) is 41.4 Å². The average Bonchev–Trinajstić information content (AvgIpc) is 3.76. The second kappa shape index (κ2) is 11.4. The number of carbonyl (C=O) groups is 1. The molecule has 3 aromatic rings. The highest BCUT2D eigenvalue weighted by molar-refractivity contribution is 6.31. The lowest BCUT2D eigenvalue weighted by Crippen LogP contribution is -2.52. The molecule has 4 rings (SSSR count). The number of halogens is 5. The number of hydrogen-bond donors (Lipinski definition) is 4. The Morgan fingerprint density at radius 2 is 1.85 bits per heavy atom. The molecule has 0 spiro atoms. The second-order valence-electron chi connectivity index (χ2n) is 10.1. The first-order chi connectivity index (χ1) is 19.2. The van der Waals surface area contributed by atoms with Crippen molar-refractivity contribution in [3.63, 3.8) is 0 Å². The molecule has 2 unspecified atom stereocenters. The number of pyridine rings is 1. The summed E-state index contributed by atoms with van der Waals surface area (Å²) < 4.78 is 68.1. The molecule has 0 aliphatic heterocycles. The third-order valence-electron chi connectivity index (χ3n) is 6.67. The van der Waals surface area contributed by atoms with E-state index in [2.05, 4.69) is 10.3 Å². The first-order valence-corrected chi connectivity index (χ1v) is 12.9. The fourth-order valence-corrected chi connectivity index (χ4v) is 4.07. The molecule has 220 valence electrons. The molecule has 1 aliphatic carbocycles. The number of methoxy groups -OCH3 is 1. The SMILES string of the molecule is COc1cc(C(=O)NCC(O)(c2cc(C(C)(N)CO)cc(-c3ccc(F)c(Cl)c3)n2)C(F)(F)F)ccc1OC1CC1. The molecule has 8 nitrogen and oxygen atoms in total. The first kappa shape index (κ1) is 30.5. The van der Waals surface area contributed by atoms with Gasteiger partial charge in [0.2, 0.25) is 5.60 Å². The number of amides is 1. The minimum absolute atomic E-state index is 0.00885. The van der Waals surface area contributed by atoms with Crippen molar-refractivity contribution in [2.75, 3.05) is 20.3 Å². The number of aliphatic hydroxyl groups is 2. The molecular formula is C28H28ClF4N3O5. The third-order valence-corrected chi connectivity index (χ3v) is 6.96. The van der Waals surface area contributed by atoms with Crippen LogP contribution in [-0.2, 0) is 11.1 Å². The number of hydrogen-bond acceptors (Lipinski definition) is 7. The Bertz CT molecular complexity index is 1450. The Kier molecular flexibility index (Phi) is 8.51. The standard InChI is InChI=1S/C28H28ClF4N3O5/c1-26(34,14-37)17-11-21(15-3-7-20(30)19(29)9-15)36-24(12-17)27(39,28(31,32)33)13-35-25(38)16-4-8-22(23(10-16)40-2)41-18-5-6-18/h3-4,7-12,18,37,39H,5-6,13-14,34H2,1-2H3,(H,35,38). The Labute approximate surface area is 238 Å². The molecule has 2 aromatic carbocycles. The maximum atomic E-state index is 14.5. The lowest BCUT2D eigenvalue weighted by molar-refractivity contribution is -0.265. The Morgan fingerprint density at radius 1 is 1.15 bits per heavy atom. The van der Waals surface area contributed by atoms with Crippen LogP contribution in [0.25, 0.3) is 11.3 Å². The van der Waals surface area contributed by atoms with Crippen molar-refractivity contribution in [3.05, 3.63) is 76.2 Å². The number of nitrogens with two attached hydrogens (primary N) is 1. The molecule has 0 bridgehead atoms. The number of nitrogens with zero attached hydrogens (tertiary/aromatic N) is 1. The van der Waals surface area contributed by atoms with Crippen LogP contribution in [-0.4, -0.2) is 53.6 Å². The van der Waals surface area contributed by atoms with Crippen LogP contribution in [0.15, 0.2) is 48.5 Å². The maximum absolute atomic E-state index is 14.5. The molecule has 41 heavy (non-hydrogen) atoms. The number of ether oxygens (including phenoxy) is 2. The van der Waals surface area contributed by atoms with Crippen molar-refractivity contribution in [2.45, 2.75) is 43.2 Å². The molecule has 1 saturated carbocycles. The van der Waals surface area contributed by atoms with Gasteiger partial charge in [0.25, 0.3) is 5.91 Å². The van der Waals surface area contributed by atoms with Gasteiger partial charge in [-0.3, -0.25) is 4.79 Å². The van der Waals surface area contributed by atoms with Crippen molar-refractivity contribution < 1.29 is 42.0 Å². The zero-order chi connectivity index (χ0) is 30.2. The van der Waals surface area contributed by atoms with E-state index in [-0.39, 0.29) is 39.3 Å². The molecule has 1 heterocycles. The van der Waals surface area contributed by atoms with Crippen molar-refractivity contribution in [2.24, 2.45) is 5.73 Å². The molecule has 0 saturated heterocycles. The van der Waals surface area contributed by atoms with Gasteiger partial charge in [-0.25, -0.2) is 9.37 Å².